The number of carbonyl (C=O) groups excluding carboxylic acids is 1. The predicted octanol–water partition coefficient (Wildman–Crippen LogP) is -0.928. The fourth-order valence-electron chi connectivity index (χ4n) is 2.75. The minimum absolute atomic E-state index is 0.0489. The van der Waals surface area contributed by atoms with E-state index >= 15 is 0 Å². The van der Waals surface area contributed by atoms with Gasteiger partial charge in [0, 0.05) is 25.7 Å². The van der Waals surface area contributed by atoms with Crippen molar-refractivity contribution < 1.29 is 13.2 Å². The number of hydrogen-bond donors (Lipinski definition) is 1. The van der Waals surface area contributed by atoms with Crippen molar-refractivity contribution in [1.29, 1.82) is 0 Å². The average molecular weight is 313 g/mol. The molecule has 1 amide bonds. The Morgan fingerprint density at radius 3 is 2.81 bits per heavy atom. The summed E-state index contributed by atoms with van der Waals surface area (Å²) in [5, 5.41) is 11.1. The Bertz CT molecular complexity index is 637. The second kappa shape index (κ2) is 5.38. The zero-order chi connectivity index (χ0) is 15.0. The molecule has 21 heavy (non-hydrogen) atoms. The summed E-state index contributed by atoms with van der Waals surface area (Å²) in [4.78, 5) is 14.1. The Labute approximate surface area is 123 Å². The molecule has 0 bridgehead atoms. The highest BCUT2D eigenvalue weighted by Crippen LogP contribution is 2.19. The molecule has 9 heteroatoms. The van der Waals surface area contributed by atoms with Crippen LogP contribution in [-0.2, 0) is 9.84 Å². The van der Waals surface area contributed by atoms with Crippen LogP contribution in [-0.4, -0.2) is 71.4 Å². The first-order valence-corrected chi connectivity index (χ1v) is 8.96. The van der Waals surface area contributed by atoms with E-state index in [1.807, 2.05) is 6.92 Å². The summed E-state index contributed by atoms with van der Waals surface area (Å²) in [6.07, 6.45) is 2.16. The van der Waals surface area contributed by atoms with Crippen molar-refractivity contribution in [2.75, 3.05) is 31.1 Å². The number of nitrogens with zero attached hydrogens (tertiary/aromatic N) is 4. The highest BCUT2D eigenvalue weighted by Gasteiger charge is 2.35. The molecule has 0 radical (unpaired) electrons. The fourth-order valence-corrected chi connectivity index (χ4v) is 4.48. The van der Waals surface area contributed by atoms with E-state index in [4.69, 9.17) is 0 Å². The molecule has 0 aliphatic carbocycles. The lowest BCUT2D eigenvalue weighted by Crippen LogP contribution is -2.43. The summed E-state index contributed by atoms with van der Waals surface area (Å²) in [6, 6.07) is 0.00371. The third kappa shape index (κ3) is 2.80. The maximum atomic E-state index is 12.5. The summed E-state index contributed by atoms with van der Waals surface area (Å²) < 4.78 is 24.9. The lowest BCUT2D eigenvalue weighted by molar-refractivity contribution is 0.0702. The number of nitrogens with one attached hydrogen (secondary N) is 1. The Morgan fingerprint density at radius 1 is 1.52 bits per heavy atom. The van der Waals surface area contributed by atoms with Gasteiger partial charge in [-0.15, -0.1) is 5.10 Å². The maximum absolute atomic E-state index is 12.5. The summed E-state index contributed by atoms with van der Waals surface area (Å²) >= 11 is 0. The maximum Gasteiger partial charge on any atom is 0.276 e. The monoisotopic (exact) mass is 313 g/mol. The van der Waals surface area contributed by atoms with Crippen LogP contribution >= 0.6 is 0 Å². The molecule has 8 nitrogen and oxygen atoms in total. The van der Waals surface area contributed by atoms with E-state index in [1.54, 1.807) is 15.8 Å². The van der Waals surface area contributed by atoms with E-state index < -0.39 is 9.84 Å². The van der Waals surface area contributed by atoms with Gasteiger partial charge in [0.05, 0.1) is 23.7 Å². The highest BCUT2D eigenvalue weighted by atomic mass is 32.2. The molecule has 2 fully saturated rings. The SMILES string of the molecule is CCN(C(=O)c1cn(C2CNC2)nn1)C1CCS(=O)(=O)C1. The van der Waals surface area contributed by atoms with Crippen molar-refractivity contribution in [3.8, 4) is 0 Å². The molecular weight excluding hydrogens is 294 g/mol. The molecule has 2 aliphatic rings. The number of sulfone groups is 1. The fraction of sp³-hybridized carbons (Fsp3) is 0.750. The molecule has 0 aromatic carbocycles. The van der Waals surface area contributed by atoms with Crippen LogP contribution in [0, 0.1) is 0 Å². The first-order chi connectivity index (χ1) is 10.00. The molecular formula is C12H19N5O3S. The zero-order valence-electron chi connectivity index (χ0n) is 11.9. The number of rotatable bonds is 4. The molecule has 2 aliphatic heterocycles. The topological polar surface area (TPSA) is 97.2 Å². The molecule has 0 spiro atoms. The molecule has 1 aromatic heterocycles. The highest BCUT2D eigenvalue weighted by molar-refractivity contribution is 7.91. The third-order valence-electron chi connectivity index (χ3n) is 4.11. The van der Waals surface area contributed by atoms with Crippen LogP contribution in [0.3, 0.4) is 0 Å². The number of carbonyl (C=O) groups is 1. The molecule has 1 unspecified atom stereocenters. The first-order valence-electron chi connectivity index (χ1n) is 7.14. The van der Waals surface area contributed by atoms with Gasteiger partial charge in [0.1, 0.15) is 0 Å². The van der Waals surface area contributed by atoms with Gasteiger partial charge in [0.2, 0.25) is 0 Å². The van der Waals surface area contributed by atoms with Crippen molar-refractivity contribution in [2.24, 2.45) is 0 Å². The summed E-state index contributed by atoms with van der Waals surface area (Å²) in [5.74, 6) is -0.0343. The minimum Gasteiger partial charge on any atom is -0.333 e. The summed E-state index contributed by atoms with van der Waals surface area (Å²) in [6.45, 7) is 3.98. The Morgan fingerprint density at radius 2 is 2.29 bits per heavy atom. The van der Waals surface area contributed by atoms with Gasteiger partial charge < -0.3 is 10.2 Å². The predicted molar refractivity (Wildman–Crippen MR) is 75.7 cm³/mol. The second-order valence-electron chi connectivity index (χ2n) is 5.54. The number of hydrogen-bond acceptors (Lipinski definition) is 6. The van der Waals surface area contributed by atoms with Crippen molar-refractivity contribution in [2.45, 2.75) is 25.4 Å². The molecule has 3 rings (SSSR count). The van der Waals surface area contributed by atoms with E-state index in [-0.39, 0.29) is 35.2 Å². The molecule has 0 saturated carbocycles. The Kier molecular flexibility index (Phi) is 3.70. The lowest BCUT2D eigenvalue weighted by atomic mass is 10.2. The van der Waals surface area contributed by atoms with Gasteiger partial charge in [-0.25, -0.2) is 13.1 Å². The van der Waals surface area contributed by atoms with Crippen molar-refractivity contribution >= 4 is 15.7 Å². The van der Waals surface area contributed by atoms with Crippen molar-refractivity contribution in [1.82, 2.24) is 25.2 Å². The van der Waals surface area contributed by atoms with Crippen LogP contribution in [0.5, 0.6) is 0 Å². The van der Waals surface area contributed by atoms with Crippen LogP contribution in [0.25, 0.3) is 0 Å². The molecule has 3 heterocycles. The van der Waals surface area contributed by atoms with Gasteiger partial charge >= 0.3 is 0 Å². The van der Waals surface area contributed by atoms with E-state index in [0.29, 0.717) is 13.0 Å². The van der Waals surface area contributed by atoms with Gasteiger partial charge in [0.15, 0.2) is 15.5 Å². The number of aromatic nitrogens is 3. The van der Waals surface area contributed by atoms with E-state index in [0.717, 1.165) is 13.1 Å². The number of amides is 1. The van der Waals surface area contributed by atoms with Gasteiger partial charge in [0.25, 0.3) is 5.91 Å². The first kappa shape index (κ1) is 14.5. The van der Waals surface area contributed by atoms with Crippen LogP contribution < -0.4 is 5.32 Å². The standard InChI is InChI=1S/C12H19N5O3S/c1-2-16(9-3-4-21(19,20)8-9)12(18)11-7-17(15-14-11)10-5-13-6-10/h7,9-10,13H,2-6,8H2,1H3. The lowest BCUT2D eigenvalue weighted by Gasteiger charge is -2.27. The van der Waals surface area contributed by atoms with Crippen LogP contribution in [0.1, 0.15) is 29.9 Å². The van der Waals surface area contributed by atoms with Gasteiger partial charge in [-0.2, -0.15) is 0 Å². The van der Waals surface area contributed by atoms with Crippen LogP contribution in [0.15, 0.2) is 6.20 Å². The molecule has 1 atom stereocenters. The largest absolute Gasteiger partial charge is 0.333 e. The van der Waals surface area contributed by atoms with Gasteiger partial charge in [-0.1, -0.05) is 5.21 Å². The summed E-state index contributed by atoms with van der Waals surface area (Å²) in [5.41, 5.74) is 0.285. The molecule has 1 N–H and O–H groups in total. The van der Waals surface area contributed by atoms with Crippen molar-refractivity contribution in [3.63, 3.8) is 0 Å². The van der Waals surface area contributed by atoms with Gasteiger partial charge in [-0.05, 0) is 13.3 Å². The zero-order valence-corrected chi connectivity index (χ0v) is 12.7. The quantitative estimate of drug-likeness (QED) is 0.771. The van der Waals surface area contributed by atoms with E-state index in [2.05, 4.69) is 15.6 Å². The van der Waals surface area contributed by atoms with Crippen molar-refractivity contribution in [3.05, 3.63) is 11.9 Å². The Balaban J connectivity index is 1.74. The van der Waals surface area contributed by atoms with Crippen LogP contribution in [0.2, 0.25) is 0 Å². The summed E-state index contributed by atoms with van der Waals surface area (Å²) in [7, 11) is -3.01. The molecule has 2 saturated heterocycles. The van der Waals surface area contributed by atoms with E-state index in [9.17, 15) is 13.2 Å². The molecule has 1 aromatic rings. The van der Waals surface area contributed by atoms with Crippen LogP contribution in [0.4, 0.5) is 0 Å². The van der Waals surface area contributed by atoms with Gasteiger partial charge in [-0.3, -0.25) is 4.79 Å². The molecule has 116 valence electrons. The smallest absolute Gasteiger partial charge is 0.276 e. The third-order valence-corrected chi connectivity index (χ3v) is 5.86. The second-order valence-corrected chi connectivity index (χ2v) is 7.77. The Hall–Kier alpha value is -1.48. The minimum atomic E-state index is -3.01. The van der Waals surface area contributed by atoms with E-state index in [1.165, 1.54) is 0 Å². The average Bonchev–Trinajstić information content (AvgIpc) is 2.95. The normalized spacial score (nSPS) is 24.7.